The Bertz CT molecular complexity index is 1060. The maximum atomic E-state index is 10.5. The fraction of sp³-hybridized carbons (Fsp3) is 0.240. The summed E-state index contributed by atoms with van der Waals surface area (Å²) in [5.74, 6) is 1.08. The van der Waals surface area contributed by atoms with Gasteiger partial charge in [0.05, 0.1) is 11.6 Å². The van der Waals surface area contributed by atoms with Crippen LogP contribution in [0.25, 0.3) is 0 Å². The van der Waals surface area contributed by atoms with Crippen LogP contribution in [-0.2, 0) is 6.42 Å². The Morgan fingerprint density at radius 2 is 1.87 bits per heavy atom. The van der Waals surface area contributed by atoms with Crippen molar-refractivity contribution in [1.29, 1.82) is 0 Å². The molecule has 30 heavy (non-hydrogen) atoms. The van der Waals surface area contributed by atoms with Gasteiger partial charge in [0.1, 0.15) is 17.7 Å². The molecule has 4 rings (SSSR count). The van der Waals surface area contributed by atoms with E-state index in [0.717, 1.165) is 39.0 Å². The van der Waals surface area contributed by atoms with Gasteiger partial charge in [-0.3, -0.25) is 10.3 Å². The van der Waals surface area contributed by atoms with E-state index < -0.39 is 0 Å². The van der Waals surface area contributed by atoms with Gasteiger partial charge in [-0.2, -0.15) is 0 Å². The number of para-hydroxylation sites is 1. The zero-order valence-corrected chi connectivity index (χ0v) is 18.7. The van der Waals surface area contributed by atoms with Gasteiger partial charge in [0, 0.05) is 23.7 Å². The molecule has 0 amide bonds. The predicted molar refractivity (Wildman–Crippen MR) is 124 cm³/mol. The fourth-order valence-corrected chi connectivity index (χ4v) is 4.38. The summed E-state index contributed by atoms with van der Waals surface area (Å²) in [6.45, 7) is 2.16. The minimum atomic E-state index is -0.230. The highest BCUT2D eigenvalue weighted by Crippen LogP contribution is 2.36. The molecule has 0 unspecified atom stereocenters. The molecule has 1 heterocycles. The Labute approximate surface area is 185 Å². The molecule has 5 heteroatoms. The molecular formula is C25H25BrN2O2. The summed E-state index contributed by atoms with van der Waals surface area (Å²) < 4.78 is 6.26. The largest absolute Gasteiger partial charge is 0.508 e. The van der Waals surface area contributed by atoms with Gasteiger partial charge in [0.15, 0.2) is 0 Å². The summed E-state index contributed by atoms with van der Waals surface area (Å²) in [5.41, 5.74) is 5.37. The lowest BCUT2D eigenvalue weighted by Crippen LogP contribution is -2.33. The van der Waals surface area contributed by atoms with Gasteiger partial charge >= 0.3 is 0 Å². The van der Waals surface area contributed by atoms with Gasteiger partial charge in [0.25, 0.3) is 0 Å². The van der Waals surface area contributed by atoms with Gasteiger partial charge < -0.3 is 9.84 Å². The van der Waals surface area contributed by atoms with Crippen LogP contribution >= 0.6 is 15.9 Å². The van der Waals surface area contributed by atoms with Gasteiger partial charge in [-0.05, 0) is 57.2 Å². The maximum absolute atomic E-state index is 10.5. The second-order valence-electron chi connectivity index (χ2n) is 7.40. The first-order chi connectivity index (χ1) is 14.6. The van der Waals surface area contributed by atoms with Crippen molar-refractivity contribution in [2.75, 3.05) is 7.11 Å². The summed E-state index contributed by atoms with van der Waals surface area (Å²) in [7, 11) is 1.66. The SMILES string of the molecule is CCc1ccc(C2=N[C@H](c3ccc(OC)c(Br)c3)N[C@@H](c3ccccc3O)C2)cc1. The third kappa shape index (κ3) is 4.27. The molecule has 4 nitrogen and oxygen atoms in total. The average molecular weight is 465 g/mol. The number of nitrogens with zero attached hydrogens (tertiary/aromatic N) is 1. The third-order valence-corrected chi connectivity index (χ3v) is 6.16. The molecular weight excluding hydrogens is 440 g/mol. The lowest BCUT2D eigenvalue weighted by atomic mass is 9.93. The van der Waals surface area contributed by atoms with Crippen molar-refractivity contribution >= 4 is 21.6 Å². The summed E-state index contributed by atoms with van der Waals surface area (Å²) >= 11 is 3.58. The molecule has 0 saturated heterocycles. The van der Waals surface area contributed by atoms with Gasteiger partial charge in [-0.15, -0.1) is 0 Å². The van der Waals surface area contributed by atoms with E-state index in [1.54, 1.807) is 13.2 Å². The molecule has 0 bridgehead atoms. The maximum Gasteiger partial charge on any atom is 0.133 e. The molecule has 154 valence electrons. The van der Waals surface area contributed by atoms with E-state index in [1.807, 2.05) is 36.4 Å². The van der Waals surface area contributed by atoms with E-state index in [0.29, 0.717) is 12.2 Å². The fourth-order valence-electron chi connectivity index (χ4n) is 3.82. The zero-order chi connectivity index (χ0) is 21.1. The van der Waals surface area contributed by atoms with Crippen molar-refractivity contribution in [2.24, 2.45) is 4.99 Å². The van der Waals surface area contributed by atoms with E-state index in [2.05, 4.69) is 52.4 Å². The summed E-state index contributed by atoms with van der Waals surface area (Å²) in [6.07, 6.45) is 1.49. The highest BCUT2D eigenvalue weighted by Gasteiger charge is 2.27. The zero-order valence-electron chi connectivity index (χ0n) is 17.1. The minimum absolute atomic E-state index is 0.0459. The minimum Gasteiger partial charge on any atom is -0.508 e. The average Bonchev–Trinajstić information content (AvgIpc) is 2.79. The molecule has 1 aliphatic heterocycles. The normalized spacial score (nSPS) is 18.7. The second-order valence-corrected chi connectivity index (χ2v) is 8.26. The van der Waals surface area contributed by atoms with Crippen LogP contribution in [0.4, 0.5) is 0 Å². The van der Waals surface area contributed by atoms with Crippen molar-refractivity contribution in [3.05, 3.63) is 93.5 Å². The van der Waals surface area contributed by atoms with Crippen LogP contribution < -0.4 is 10.1 Å². The highest BCUT2D eigenvalue weighted by molar-refractivity contribution is 9.10. The topological polar surface area (TPSA) is 53.8 Å². The molecule has 0 spiro atoms. The lowest BCUT2D eigenvalue weighted by Gasteiger charge is -2.31. The standard InChI is InChI=1S/C25H25BrN2O2/c1-3-16-8-10-17(11-9-16)21-15-22(19-6-4-5-7-23(19)29)28-25(27-21)18-12-13-24(30-2)20(26)14-18/h4-14,22,25,28-29H,3,15H2,1-2H3/t22-,25+/m1/s1. The number of phenols is 1. The van der Waals surface area contributed by atoms with Crippen molar-refractivity contribution < 1.29 is 9.84 Å². The van der Waals surface area contributed by atoms with Crippen LogP contribution in [0.5, 0.6) is 11.5 Å². The molecule has 2 atom stereocenters. The first-order valence-electron chi connectivity index (χ1n) is 10.1. The van der Waals surface area contributed by atoms with Crippen molar-refractivity contribution in [3.63, 3.8) is 0 Å². The first kappa shape index (κ1) is 20.6. The number of hydrogen-bond acceptors (Lipinski definition) is 4. The Morgan fingerprint density at radius 1 is 1.10 bits per heavy atom. The number of ether oxygens (including phenoxy) is 1. The number of aliphatic imine (C=N–C) groups is 1. The monoisotopic (exact) mass is 464 g/mol. The van der Waals surface area contributed by atoms with Crippen LogP contribution in [0.1, 0.15) is 47.8 Å². The van der Waals surface area contributed by atoms with E-state index in [4.69, 9.17) is 9.73 Å². The van der Waals surface area contributed by atoms with Gasteiger partial charge in [-0.1, -0.05) is 55.5 Å². The molecule has 3 aromatic rings. The molecule has 0 fully saturated rings. The molecule has 0 radical (unpaired) electrons. The number of halogens is 1. The number of hydrogen-bond donors (Lipinski definition) is 2. The summed E-state index contributed by atoms with van der Waals surface area (Å²) in [6, 6.07) is 22.1. The van der Waals surface area contributed by atoms with Crippen LogP contribution in [0.3, 0.4) is 0 Å². The quantitative estimate of drug-likeness (QED) is 0.490. The Balaban J connectivity index is 1.74. The van der Waals surface area contributed by atoms with Gasteiger partial charge in [0.2, 0.25) is 0 Å². The number of aromatic hydroxyl groups is 1. The van der Waals surface area contributed by atoms with E-state index in [9.17, 15) is 5.11 Å². The van der Waals surface area contributed by atoms with Crippen molar-refractivity contribution in [3.8, 4) is 11.5 Å². The smallest absolute Gasteiger partial charge is 0.133 e. The number of benzene rings is 3. The third-order valence-electron chi connectivity index (χ3n) is 5.54. The second kappa shape index (κ2) is 9.02. The van der Waals surface area contributed by atoms with Gasteiger partial charge in [-0.25, -0.2) is 0 Å². The summed E-state index contributed by atoms with van der Waals surface area (Å²) in [4.78, 5) is 5.04. The Morgan fingerprint density at radius 3 is 2.53 bits per heavy atom. The van der Waals surface area contributed by atoms with Crippen LogP contribution in [0.2, 0.25) is 0 Å². The van der Waals surface area contributed by atoms with Crippen LogP contribution in [0.15, 0.2) is 76.2 Å². The van der Waals surface area contributed by atoms with E-state index in [-0.39, 0.29) is 12.2 Å². The molecule has 0 saturated carbocycles. The highest BCUT2D eigenvalue weighted by atomic mass is 79.9. The first-order valence-corrected chi connectivity index (χ1v) is 10.9. The molecule has 0 aliphatic carbocycles. The number of phenolic OH excluding ortho intramolecular Hbond substituents is 1. The van der Waals surface area contributed by atoms with Crippen LogP contribution in [0, 0.1) is 0 Å². The lowest BCUT2D eigenvalue weighted by molar-refractivity contribution is 0.406. The number of methoxy groups -OCH3 is 1. The number of rotatable bonds is 5. The Kier molecular flexibility index (Phi) is 6.21. The number of aryl methyl sites for hydroxylation is 1. The molecule has 2 N–H and O–H groups in total. The predicted octanol–water partition coefficient (Wildman–Crippen LogP) is 5.95. The summed E-state index contributed by atoms with van der Waals surface area (Å²) in [5, 5.41) is 14.1. The van der Waals surface area contributed by atoms with Crippen molar-refractivity contribution in [1.82, 2.24) is 5.32 Å². The van der Waals surface area contributed by atoms with Crippen molar-refractivity contribution in [2.45, 2.75) is 32.0 Å². The molecule has 3 aromatic carbocycles. The number of nitrogens with one attached hydrogen (secondary N) is 1. The molecule has 0 aromatic heterocycles. The van der Waals surface area contributed by atoms with E-state index in [1.165, 1.54) is 5.56 Å². The Hall–Kier alpha value is -2.63. The van der Waals surface area contributed by atoms with Crippen LogP contribution in [-0.4, -0.2) is 17.9 Å². The molecule has 1 aliphatic rings. The van der Waals surface area contributed by atoms with E-state index >= 15 is 0 Å².